The molecule has 0 atom stereocenters. The topological polar surface area (TPSA) is 33.7 Å². The Morgan fingerprint density at radius 1 is 1.05 bits per heavy atom. The highest BCUT2D eigenvalue weighted by Crippen LogP contribution is 2.28. The first-order chi connectivity index (χ1) is 9.17. The molecule has 0 unspecified atom stereocenters. The average Bonchev–Trinajstić information content (AvgIpc) is 2.38. The summed E-state index contributed by atoms with van der Waals surface area (Å²) in [5, 5.41) is 3.42. The second kappa shape index (κ2) is 8.77. The molecule has 19 heavy (non-hydrogen) atoms. The highest BCUT2D eigenvalue weighted by atomic mass is 16.5. The van der Waals surface area contributed by atoms with Gasteiger partial charge >= 0.3 is 0 Å². The summed E-state index contributed by atoms with van der Waals surface area (Å²) in [6.45, 7) is 8.13. The number of hydrogen-bond acceptors (Lipinski definition) is 4. The third-order valence-electron chi connectivity index (χ3n) is 2.67. The Kier molecular flexibility index (Phi) is 7.30. The molecular formula is C15H26N2O2. The zero-order valence-corrected chi connectivity index (χ0v) is 12.5. The molecule has 0 aromatic heterocycles. The van der Waals surface area contributed by atoms with Crippen molar-refractivity contribution < 1.29 is 9.47 Å². The van der Waals surface area contributed by atoms with Gasteiger partial charge in [-0.15, -0.1) is 0 Å². The summed E-state index contributed by atoms with van der Waals surface area (Å²) in [5.41, 5.74) is 1.21. The van der Waals surface area contributed by atoms with Crippen molar-refractivity contribution in [1.82, 2.24) is 10.2 Å². The van der Waals surface area contributed by atoms with E-state index in [1.165, 1.54) is 5.56 Å². The Bertz CT molecular complexity index is 367. The summed E-state index contributed by atoms with van der Waals surface area (Å²) in [5.74, 6) is 1.65. The quantitative estimate of drug-likeness (QED) is 0.694. The lowest BCUT2D eigenvalue weighted by Gasteiger charge is -2.13. The van der Waals surface area contributed by atoms with Gasteiger partial charge < -0.3 is 19.7 Å². The van der Waals surface area contributed by atoms with E-state index in [4.69, 9.17) is 9.47 Å². The number of benzene rings is 1. The van der Waals surface area contributed by atoms with Gasteiger partial charge in [0.2, 0.25) is 0 Å². The number of rotatable bonds is 9. The van der Waals surface area contributed by atoms with E-state index in [0.29, 0.717) is 13.2 Å². The molecule has 0 saturated heterocycles. The summed E-state index contributed by atoms with van der Waals surface area (Å²) in [4.78, 5) is 2.16. The molecule has 1 aromatic carbocycles. The van der Waals surface area contributed by atoms with Crippen molar-refractivity contribution in [2.75, 3.05) is 40.4 Å². The molecule has 0 fully saturated rings. The fraction of sp³-hybridized carbons (Fsp3) is 0.600. The van der Waals surface area contributed by atoms with Gasteiger partial charge in [-0.05, 0) is 45.6 Å². The Morgan fingerprint density at radius 3 is 2.37 bits per heavy atom. The highest BCUT2D eigenvalue weighted by Gasteiger charge is 2.05. The molecule has 4 heteroatoms. The van der Waals surface area contributed by atoms with E-state index in [1.807, 2.05) is 19.9 Å². The van der Waals surface area contributed by atoms with Crippen LogP contribution in [0.4, 0.5) is 0 Å². The maximum absolute atomic E-state index is 5.61. The van der Waals surface area contributed by atoms with E-state index in [-0.39, 0.29) is 0 Å². The highest BCUT2D eigenvalue weighted by molar-refractivity contribution is 5.43. The van der Waals surface area contributed by atoms with E-state index >= 15 is 0 Å². The molecule has 0 radical (unpaired) electrons. The number of likely N-dealkylation sites (N-methyl/N-ethyl adjacent to an activating group) is 1. The second-order valence-electron chi connectivity index (χ2n) is 4.63. The van der Waals surface area contributed by atoms with Crippen LogP contribution in [0.3, 0.4) is 0 Å². The van der Waals surface area contributed by atoms with Crippen LogP contribution in [0.1, 0.15) is 19.4 Å². The van der Waals surface area contributed by atoms with Gasteiger partial charge in [0.15, 0.2) is 11.5 Å². The van der Waals surface area contributed by atoms with Crippen molar-refractivity contribution in [3.8, 4) is 11.5 Å². The first-order valence-corrected chi connectivity index (χ1v) is 6.91. The fourth-order valence-corrected chi connectivity index (χ4v) is 1.74. The van der Waals surface area contributed by atoms with Gasteiger partial charge in [-0.2, -0.15) is 0 Å². The molecule has 1 N–H and O–H groups in total. The molecule has 1 aromatic rings. The first kappa shape index (κ1) is 15.8. The molecule has 0 saturated carbocycles. The molecular weight excluding hydrogens is 240 g/mol. The first-order valence-electron chi connectivity index (χ1n) is 6.91. The minimum Gasteiger partial charge on any atom is -0.490 e. The van der Waals surface area contributed by atoms with Crippen LogP contribution in [0.2, 0.25) is 0 Å². The van der Waals surface area contributed by atoms with E-state index in [0.717, 1.165) is 31.1 Å². The Labute approximate surface area is 116 Å². The van der Waals surface area contributed by atoms with Crippen LogP contribution in [0.5, 0.6) is 11.5 Å². The van der Waals surface area contributed by atoms with Gasteiger partial charge in [0, 0.05) is 19.6 Å². The molecule has 108 valence electrons. The zero-order valence-electron chi connectivity index (χ0n) is 12.5. The predicted molar refractivity (Wildman–Crippen MR) is 79.0 cm³/mol. The predicted octanol–water partition coefficient (Wildman–Crippen LogP) is 2.14. The van der Waals surface area contributed by atoms with Crippen LogP contribution in [0, 0.1) is 0 Å². The summed E-state index contributed by atoms with van der Waals surface area (Å²) >= 11 is 0. The van der Waals surface area contributed by atoms with Crippen LogP contribution < -0.4 is 14.8 Å². The maximum Gasteiger partial charge on any atom is 0.161 e. The van der Waals surface area contributed by atoms with E-state index in [1.54, 1.807) is 0 Å². The molecule has 0 amide bonds. The SMILES string of the molecule is CCOc1ccc(CNCCN(C)C)cc1OCC. The number of nitrogens with zero attached hydrogens (tertiary/aromatic N) is 1. The summed E-state index contributed by atoms with van der Waals surface area (Å²) in [7, 11) is 4.15. The van der Waals surface area contributed by atoms with Crippen molar-refractivity contribution in [2.24, 2.45) is 0 Å². The van der Waals surface area contributed by atoms with Crippen LogP contribution >= 0.6 is 0 Å². The fourth-order valence-electron chi connectivity index (χ4n) is 1.74. The Balaban J connectivity index is 2.56. The lowest BCUT2D eigenvalue weighted by molar-refractivity contribution is 0.287. The van der Waals surface area contributed by atoms with E-state index in [2.05, 4.69) is 36.4 Å². The summed E-state index contributed by atoms with van der Waals surface area (Å²) in [6.07, 6.45) is 0. The number of ether oxygens (including phenoxy) is 2. The van der Waals surface area contributed by atoms with Gasteiger partial charge in [0.1, 0.15) is 0 Å². The zero-order chi connectivity index (χ0) is 14.1. The minimum atomic E-state index is 0.650. The molecule has 0 aliphatic rings. The van der Waals surface area contributed by atoms with E-state index in [9.17, 15) is 0 Å². The average molecular weight is 266 g/mol. The smallest absolute Gasteiger partial charge is 0.161 e. The van der Waals surface area contributed by atoms with Crippen molar-refractivity contribution in [1.29, 1.82) is 0 Å². The number of hydrogen-bond donors (Lipinski definition) is 1. The molecule has 0 spiro atoms. The third-order valence-corrected chi connectivity index (χ3v) is 2.67. The maximum atomic E-state index is 5.61. The van der Waals surface area contributed by atoms with Crippen molar-refractivity contribution in [2.45, 2.75) is 20.4 Å². The van der Waals surface area contributed by atoms with Gasteiger partial charge in [-0.3, -0.25) is 0 Å². The standard InChI is InChI=1S/C15H26N2O2/c1-5-18-14-8-7-13(11-15(14)19-6-2)12-16-9-10-17(3)4/h7-8,11,16H,5-6,9-10,12H2,1-4H3. The van der Waals surface area contributed by atoms with Crippen LogP contribution in [-0.4, -0.2) is 45.3 Å². The monoisotopic (exact) mass is 266 g/mol. The van der Waals surface area contributed by atoms with Gasteiger partial charge in [0.25, 0.3) is 0 Å². The van der Waals surface area contributed by atoms with Gasteiger partial charge in [-0.25, -0.2) is 0 Å². The molecule has 0 aliphatic heterocycles. The summed E-state index contributed by atoms with van der Waals surface area (Å²) < 4.78 is 11.2. The minimum absolute atomic E-state index is 0.650. The Morgan fingerprint density at radius 2 is 1.74 bits per heavy atom. The molecule has 0 heterocycles. The van der Waals surface area contributed by atoms with E-state index < -0.39 is 0 Å². The normalized spacial score (nSPS) is 10.8. The van der Waals surface area contributed by atoms with Crippen molar-refractivity contribution in [3.05, 3.63) is 23.8 Å². The Hall–Kier alpha value is -1.26. The van der Waals surface area contributed by atoms with Crippen molar-refractivity contribution >= 4 is 0 Å². The third kappa shape index (κ3) is 5.94. The molecule has 0 aliphatic carbocycles. The second-order valence-corrected chi connectivity index (χ2v) is 4.63. The van der Waals surface area contributed by atoms with Gasteiger partial charge in [-0.1, -0.05) is 6.07 Å². The summed E-state index contributed by atoms with van der Waals surface area (Å²) in [6, 6.07) is 6.12. The largest absolute Gasteiger partial charge is 0.490 e. The molecule has 0 bridgehead atoms. The van der Waals surface area contributed by atoms with Crippen molar-refractivity contribution in [3.63, 3.8) is 0 Å². The molecule has 4 nitrogen and oxygen atoms in total. The van der Waals surface area contributed by atoms with Crippen LogP contribution in [0.15, 0.2) is 18.2 Å². The van der Waals surface area contributed by atoms with Crippen LogP contribution in [-0.2, 0) is 6.54 Å². The number of nitrogens with one attached hydrogen (secondary N) is 1. The lowest BCUT2D eigenvalue weighted by atomic mass is 10.2. The van der Waals surface area contributed by atoms with Gasteiger partial charge in [0.05, 0.1) is 13.2 Å². The van der Waals surface area contributed by atoms with Crippen LogP contribution in [0.25, 0.3) is 0 Å². The lowest BCUT2D eigenvalue weighted by Crippen LogP contribution is -2.26. The molecule has 1 rings (SSSR count).